The third-order valence-corrected chi connectivity index (χ3v) is 5.52. The van der Waals surface area contributed by atoms with E-state index in [1.807, 2.05) is 49.4 Å². The molecule has 0 aliphatic rings. The predicted octanol–water partition coefficient (Wildman–Crippen LogP) is 2.75. The number of benzene rings is 2. The minimum atomic E-state index is -0.327. The molecule has 7 heteroatoms. The molecule has 1 N–H and O–H groups in total. The zero-order valence-electron chi connectivity index (χ0n) is 15.0. The van der Waals surface area contributed by atoms with Crippen LogP contribution in [0.5, 0.6) is 0 Å². The Morgan fingerprint density at radius 2 is 1.89 bits per heavy atom. The molecule has 0 atom stereocenters. The Kier molecular flexibility index (Phi) is 6.24. The van der Waals surface area contributed by atoms with Crippen molar-refractivity contribution in [2.45, 2.75) is 13.5 Å². The Morgan fingerprint density at radius 3 is 2.54 bits per heavy atom. The van der Waals surface area contributed by atoms with Crippen molar-refractivity contribution in [2.75, 3.05) is 5.32 Å². The van der Waals surface area contributed by atoms with Gasteiger partial charge in [-0.3, -0.25) is 14.2 Å². The summed E-state index contributed by atoms with van der Waals surface area (Å²) in [7, 11) is 0. The lowest BCUT2D eigenvalue weighted by atomic mass is 10.2. The van der Waals surface area contributed by atoms with E-state index in [1.165, 1.54) is 22.0 Å². The highest BCUT2D eigenvalue weighted by atomic mass is 79.9. The zero-order chi connectivity index (χ0) is 20.1. The van der Waals surface area contributed by atoms with E-state index >= 15 is 0 Å². The van der Waals surface area contributed by atoms with Crippen LogP contribution < -0.4 is 20.1 Å². The molecule has 140 valence electrons. The number of nitrogens with one attached hydrogen (secondary N) is 1. The van der Waals surface area contributed by atoms with Crippen LogP contribution in [0.25, 0.3) is 12.2 Å². The Balaban J connectivity index is 1.93. The van der Waals surface area contributed by atoms with Gasteiger partial charge in [-0.1, -0.05) is 45.8 Å². The Labute approximate surface area is 174 Å². The van der Waals surface area contributed by atoms with Crippen molar-refractivity contribution in [3.8, 4) is 6.07 Å². The van der Waals surface area contributed by atoms with Gasteiger partial charge in [0.1, 0.15) is 11.2 Å². The second kappa shape index (κ2) is 8.83. The van der Waals surface area contributed by atoms with Gasteiger partial charge < -0.3 is 5.32 Å². The van der Waals surface area contributed by atoms with Gasteiger partial charge in [0.05, 0.1) is 10.6 Å². The summed E-state index contributed by atoms with van der Waals surface area (Å²) in [5.41, 5.74) is 2.31. The summed E-state index contributed by atoms with van der Waals surface area (Å²) < 4.78 is 3.17. The summed E-state index contributed by atoms with van der Waals surface area (Å²) >= 11 is 4.56. The summed E-state index contributed by atoms with van der Waals surface area (Å²) in [6, 6.07) is 16.9. The van der Waals surface area contributed by atoms with Crippen molar-refractivity contribution < 1.29 is 4.79 Å². The molecule has 0 bridgehead atoms. The standard InChI is InChI=1S/C21H16BrN3O2S/c1-14-2-8-17(9-3-14)24-19(26)13-25-20(10-11-23)28-18(21(25)27)12-15-4-6-16(22)7-5-15/h2-10,12H,13H2,1H3,(H,24,26)/b18-12-,20-10+. The van der Waals surface area contributed by atoms with Crippen LogP contribution in [-0.2, 0) is 11.3 Å². The molecule has 0 unspecified atom stereocenters. The number of amides is 1. The maximum Gasteiger partial charge on any atom is 0.269 e. The van der Waals surface area contributed by atoms with E-state index in [2.05, 4.69) is 21.2 Å². The van der Waals surface area contributed by atoms with E-state index in [0.29, 0.717) is 14.9 Å². The van der Waals surface area contributed by atoms with E-state index in [-0.39, 0.29) is 18.0 Å². The number of hydrogen-bond donors (Lipinski definition) is 1. The molecule has 0 saturated carbocycles. The molecule has 5 nitrogen and oxygen atoms in total. The molecule has 3 aromatic rings. The average molecular weight is 454 g/mol. The Bertz CT molecular complexity index is 1220. The van der Waals surface area contributed by atoms with E-state index in [4.69, 9.17) is 5.26 Å². The van der Waals surface area contributed by atoms with Crippen LogP contribution in [0.4, 0.5) is 5.69 Å². The van der Waals surface area contributed by atoms with Crippen molar-refractivity contribution in [1.82, 2.24) is 4.57 Å². The van der Waals surface area contributed by atoms with Crippen molar-refractivity contribution >= 4 is 51.0 Å². The van der Waals surface area contributed by atoms with Crippen LogP contribution >= 0.6 is 27.3 Å². The van der Waals surface area contributed by atoms with Gasteiger partial charge >= 0.3 is 0 Å². The number of halogens is 1. The quantitative estimate of drug-likeness (QED) is 0.659. The molecule has 0 spiro atoms. The van der Waals surface area contributed by atoms with Gasteiger partial charge in [0.2, 0.25) is 5.91 Å². The minimum absolute atomic E-state index is 0.162. The van der Waals surface area contributed by atoms with Crippen LogP contribution in [-0.4, -0.2) is 10.5 Å². The molecule has 1 aromatic heterocycles. The fraction of sp³-hybridized carbons (Fsp3) is 0.0952. The molecule has 0 saturated heterocycles. The SMILES string of the molecule is Cc1ccc(NC(=O)Cn2c(=O)/c(=C/c3ccc(Br)cc3)s/c2=C/C#N)cc1. The third-order valence-electron chi connectivity index (χ3n) is 3.93. The van der Waals surface area contributed by atoms with Gasteiger partial charge in [-0.25, -0.2) is 0 Å². The Morgan fingerprint density at radius 1 is 1.21 bits per heavy atom. The van der Waals surface area contributed by atoms with Gasteiger partial charge in [0.15, 0.2) is 0 Å². The second-order valence-corrected chi connectivity index (χ2v) is 8.06. The van der Waals surface area contributed by atoms with E-state index in [9.17, 15) is 9.59 Å². The molecule has 1 heterocycles. The van der Waals surface area contributed by atoms with Crippen molar-refractivity contribution in [2.24, 2.45) is 0 Å². The van der Waals surface area contributed by atoms with Gasteiger partial charge in [0, 0.05) is 16.2 Å². The first-order valence-corrected chi connectivity index (χ1v) is 10.0. The highest BCUT2D eigenvalue weighted by Crippen LogP contribution is 2.11. The zero-order valence-corrected chi connectivity index (χ0v) is 17.4. The van der Waals surface area contributed by atoms with Crippen molar-refractivity contribution in [3.63, 3.8) is 0 Å². The largest absolute Gasteiger partial charge is 0.325 e. The molecule has 2 aromatic carbocycles. The number of carbonyl (C=O) groups excluding carboxylic acids is 1. The lowest BCUT2D eigenvalue weighted by molar-refractivity contribution is -0.116. The third kappa shape index (κ3) is 4.85. The van der Waals surface area contributed by atoms with Gasteiger partial charge in [-0.05, 0) is 42.8 Å². The summed E-state index contributed by atoms with van der Waals surface area (Å²) in [4.78, 5) is 25.2. The molecular weight excluding hydrogens is 438 g/mol. The number of aromatic nitrogens is 1. The van der Waals surface area contributed by atoms with E-state index in [1.54, 1.807) is 18.2 Å². The van der Waals surface area contributed by atoms with Crippen molar-refractivity contribution in [3.05, 3.63) is 83.7 Å². The van der Waals surface area contributed by atoms with Gasteiger partial charge in [-0.2, -0.15) is 5.26 Å². The number of thiazole rings is 1. The molecule has 0 fully saturated rings. The highest BCUT2D eigenvalue weighted by Gasteiger charge is 2.10. The van der Waals surface area contributed by atoms with Crippen LogP contribution in [0.2, 0.25) is 0 Å². The molecule has 28 heavy (non-hydrogen) atoms. The van der Waals surface area contributed by atoms with E-state index < -0.39 is 0 Å². The van der Waals surface area contributed by atoms with E-state index in [0.717, 1.165) is 15.6 Å². The number of aryl methyl sites for hydroxylation is 1. The summed E-state index contributed by atoms with van der Waals surface area (Å²) in [6.45, 7) is 1.80. The first kappa shape index (κ1) is 19.8. The maximum atomic E-state index is 12.8. The molecular formula is C21H16BrN3O2S. The molecule has 3 rings (SSSR count). The monoisotopic (exact) mass is 453 g/mol. The number of nitriles is 1. The molecule has 1 amide bonds. The smallest absolute Gasteiger partial charge is 0.269 e. The van der Waals surface area contributed by atoms with Gasteiger partial charge in [-0.15, -0.1) is 11.3 Å². The molecule has 0 aliphatic heterocycles. The maximum absolute atomic E-state index is 12.8. The lowest BCUT2D eigenvalue weighted by Gasteiger charge is -2.06. The van der Waals surface area contributed by atoms with Crippen LogP contribution in [0.1, 0.15) is 11.1 Å². The van der Waals surface area contributed by atoms with Crippen LogP contribution in [0.3, 0.4) is 0 Å². The number of rotatable bonds is 4. The summed E-state index contributed by atoms with van der Waals surface area (Å²) in [5.74, 6) is -0.327. The molecule has 0 radical (unpaired) electrons. The summed E-state index contributed by atoms with van der Waals surface area (Å²) in [5, 5.41) is 11.8. The minimum Gasteiger partial charge on any atom is -0.325 e. The molecule has 0 aliphatic carbocycles. The fourth-order valence-electron chi connectivity index (χ4n) is 2.54. The van der Waals surface area contributed by atoms with Gasteiger partial charge in [0.25, 0.3) is 5.56 Å². The first-order chi connectivity index (χ1) is 13.5. The first-order valence-electron chi connectivity index (χ1n) is 8.39. The summed E-state index contributed by atoms with van der Waals surface area (Å²) in [6.07, 6.45) is 3.03. The Hall–Kier alpha value is -2.95. The number of carbonyl (C=O) groups is 1. The second-order valence-electron chi connectivity index (χ2n) is 6.08. The normalized spacial score (nSPS) is 12.0. The highest BCUT2D eigenvalue weighted by molar-refractivity contribution is 9.10. The predicted molar refractivity (Wildman–Crippen MR) is 115 cm³/mol. The lowest BCUT2D eigenvalue weighted by Crippen LogP contribution is -2.35. The average Bonchev–Trinajstić information content (AvgIpc) is 2.95. The topological polar surface area (TPSA) is 74.9 Å². The number of anilines is 1. The number of hydrogen-bond acceptors (Lipinski definition) is 4. The fourth-order valence-corrected chi connectivity index (χ4v) is 3.79. The number of nitrogens with zero attached hydrogens (tertiary/aromatic N) is 2. The van der Waals surface area contributed by atoms with Crippen LogP contribution in [0.15, 0.2) is 57.8 Å². The van der Waals surface area contributed by atoms with Crippen LogP contribution in [0, 0.1) is 18.3 Å². The van der Waals surface area contributed by atoms with Crippen molar-refractivity contribution in [1.29, 1.82) is 5.26 Å².